The molecule has 2 rings (SSSR count). The van der Waals surface area contributed by atoms with Gasteiger partial charge < -0.3 is 14.9 Å². The lowest BCUT2D eigenvalue weighted by molar-refractivity contribution is -0.149. The number of aliphatic hydroxyl groups is 2. The van der Waals surface area contributed by atoms with Crippen molar-refractivity contribution in [2.45, 2.75) is 18.6 Å². The lowest BCUT2D eigenvalue weighted by atomic mass is 9.88. The Bertz CT molecular complexity index is 722. The van der Waals surface area contributed by atoms with Crippen molar-refractivity contribution in [1.82, 2.24) is 0 Å². The fraction of sp³-hybridized carbons (Fsp3) is 0.333. The zero-order valence-corrected chi connectivity index (χ0v) is 16.8. The average Bonchev–Trinajstić information content (AvgIpc) is 2.74. The minimum Gasteiger partial charge on any atom is -0.464 e. The van der Waals surface area contributed by atoms with E-state index in [1.54, 1.807) is 0 Å². The van der Waals surface area contributed by atoms with Crippen LogP contribution in [0.15, 0.2) is 60.7 Å². The fourth-order valence-corrected chi connectivity index (χ4v) is 3.76. The summed E-state index contributed by atoms with van der Waals surface area (Å²) >= 11 is 6.78. The van der Waals surface area contributed by atoms with Gasteiger partial charge in [-0.1, -0.05) is 91.6 Å². The smallest absolute Gasteiger partial charge is 0.324 e. The van der Waals surface area contributed by atoms with Crippen molar-refractivity contribution in [2.24, 2.45) is 5.41 Å². The lowest BCUT2D eigenvalue weighted by Gasteiger charge is -2.28. The topological polar surface area (TPSA) is 66.8 Å². The van der Waals surface area contributed by atoms with Gasteiger partial charge in [0.2, 0.25) is 0 Å². The number of benzene rings is 2. The third-order valence-electron chi connectivity index (χ3n) is 4.49. The molecular formula is C21H24O4S2. The Morgan fingerprint density at radius 2 is 1.63 bits per heavy atom. The van der Waals surface area contributed by atoms with Crippen molar-refractivity contribution >= 4 is 34.1 Å². The first-order chi connectivity index (χ1) is 13.0. The molecule has 0 radical (unpaired) electrons. The van der Waals surface area contributed by atoms with Gasteiger partial charge >= 0.3 is 5.97 Å². The van der Waals surface area contributed by atoms with E-state index in [9.17, 15) is 15.0 Å². The highest BCUT2D eigenvalue weighted by atomic mass is 32.2. The Balaban J connectivity index is 2.17. The van der Waals surface area contributed by atoms with Crippen LogP contribution in [0.5, 0.6) is 0 Å². The van der Waals surface area contributed by atoms with Crippen LogP contribution in [0.4, 0.5) is 0 Å². The van der Waals surface area contributed by atoms with Gasteiger partial charge in [0.15, 0.2) is 0 Å². The molecule has 2 aromatic carbocycles. The lowest BCUT2D eigenvalue weighted by Crippen LogP contribution is -2.36. The minimum atomic E-state index is -0.832. The summed E-state index contributed by atoms with van der Waals surface area (Å²) in [5, 5.41) is 18.5. The highest BCUT2D eigenvalue weighted by molar-refractivity contribution is 8.24. The summed E-state index contributed by atoms with van der Waals surface area (Å²) in [5.74, 6) is -0.441. The molecule has 1 atom stereocenters. The largest absolute Gasteiger partial charge is 0.464 e. The molecule has 0 amide bonds. The summed E-state index contributed by atoms with van der Waals surface area (Å²) in [4.78, 5) is 12.8. The van der Waals surface area contributed by atoms with E-state index in [0.29, 0.717) is 10.6 Å². The number of ether oxygens (including phenoxy) is 1. The second kappa shape index (κ2) is 10.6. The molecule has 1 unspecified atom stereocenters. The van der Waals surface area contributed by atoms with Gasteiger partial charge in [0.1, 0.15) is 11.9 Å². The quantitative estimate of drug-likeness (QED) is 0.490. The standard InChI is InChI=1S/C21H24O4S2/c1-2-21(13-22,14-23)15-25-19(24)18(16-9-5-3-6-10-16)27-20(26)17-11-7-4-8-12-17/h3-12,18,22-23H,2,13-15H2,1H3. The maximum absolute atomic E-state index is 12.8. The predicted molar refractivity (Wildman–Crippen MR) is 113 cm³/mol. The molecule has 0 bridgehead atoms. The first-order valence-electron chi connectivity index (χ1n) is 8.74. The molecule has 27 heavy (non-hydrogen) atoms. The van der Waals surface area contributed by atoms with Crippen LogP contribution < -0.4 is 0 Å². The Hall–Kier alpha value is -1.73. The van der Waals surface area contributed by atoms with E-state index in [4.69, 9.17) is 17.0 Å². The number of thiocarbonyl (C=S) groups is 1. The van der Waals surface area contributed by atoms with Gasteiger partial charge in [-0.2, -0.15) is 0 Å². The van der Waals surface area contributed by atoms with Gasteiger partial charge in [-0.15, -0.1) is 0 Å². The van der Waals surface area contributed by atoms with E-state index < -0.39 is 16.6 Å². The first-order valence-corrected chi connectivity index (χ1v) is 10.0. The second-order valence-electron chi connectivity index (χ2n) is 6.34. The van der Waals surface area contributed by atoms with Gasteiger partial charge in [0.25, 0.3) is 0 Å². The molecule has 0 saturated heterocycles. The molecule has 0 spiro atoms. The summed E-state index contributed by atoms with van der Waals surface area (Å²) in [6, 6.07) is 18.8. The predicted octanol–water partition coefficient (Wildman–Crippen LogP) is 3.76. The van der Waals surface area contributed by atoms with E-state index >= 15 is 0 Å². The third kappa shape index (κ3) is 5.87. The number of esters is 1. The molecule has 144 valence electrons. The zero-order chi connectivity index (χ0) is 19.7. The number of carbonyl (C=O) groups excluding carboxylic acids is 1. The molecule has 4 nitrogen and oxygen atoms in total. The van der Waals surface area contributed by atoms with Gasteiger partial charge in [0, 0.05) is 0 Å². The zero-order valence-electron chi connectivity index (χ0n) is 15.2. The van der Waals surface area contributed by atoms with E-state index in [2.05, 4.69) is 0 Å². The molecule has 0 aliphatic carbocycles. The summed E-state index contributed by atoms with van der Waals surface area (Å²) in [7, 11) is 0. The molecule has 2 N–H and O–H groups in total. The molecule has 0 heterocycles. The van der Waals surface area contributed by atoms with E-state index in [0.717, 1.165) is 11.1 Å². The van der Waals surface area contributed by atoms with Gasteiger partial charge in [-0.05, 0) is 17.5 Å². The van der Waals surface area contributed by atoms with E-state index in [1.165, 1.54) is 11.8 Å². The number of rotatable bonds is 9. The van der Waals surface area contributed by atoms with Crippen molar-refractivity contribution in [3.63, 3.8) is 0 Å². The van der Waals surface area contributed by atoms with Crippen LogP contribution in [0.2, 0.25) is 0 Å². The Morgan fingerprint density at radius 3 is 2.15 bits per heavy atom. The summed E-state index contributed by atoms with van der Waals surface area (Å²) in [6.45, 7) is 1.29. The van der Waals surface area contributed by atoms with Crippen LogP contribution in [0.3, 0.4) is 0 Å². The van der Waals surface area contributed by atoms with Gasteiger partial charge in [-0.3, -0.25) is 4.79 Å². The average molecular weight is 405 g/mol. The Labute approximate surface area is 169 Å². The number of hydrogen-bond acceptors (Lipinski definition) is 6. The molecule has 6 heteroatoms. The third-order valence-corrected chi connectivity index (χ3v) is 6.17. The van der Waals surface area contributed by atoms with Crippen molar-refractivity contribution in [2.75, 3.05) is 19.8 Å². The summed E-state index contributed by atoms with van der Waals surface area (Å²) in [5.41, 5.74) is 0.835. The second-order valence-corrected chi connectivity index (χ2v) is 8.12. The van der Waals surface area contributed by atoms with Crippen LogP contribution in [-0.2, 0) is 9.53 Å². The maximum Gasteiger partial charge on any atom is 0.324 e. The molecule has 0 aliphatic rings. The van der Waals surface area contributed by atoms with Crippen LogP contribution in [0.25, 0.3) is 0 Å². The van der Waals surface area contributed by atoms with Gasteiger partial charge in [0.05, 0.1) is 22.8 Å². The van der Waals surface area contributed by atoms with Crippen molar-refractivity contribution in [3.05, 3.63) is 71.8 Å². The van der Waals surface area contributed by atoms with Crippen LogP contribution >= 0.6 is 24.0 Å². The molecule has 0 saturated carbocycles. The van der Waals surface area contributed by atoms with Crippen LogP contribution in [0, 0.1) is 5.41 Å². The number of thioether (sulfide) groups is 1. The first kappa shape index (κ1) is 21.6. The number of hydrogen-bond donors (Lipinski definition) is 2. The van der Waals surface area contributed by atoms with E-state index in [1.807, 2.05) is 67.6 Å². The molecule has 0 aliphatic heterocycles. The number of carbonyl (C=O) groups is 1. The van der Waals surface area contributed by atoms with Crippen molar-refractivity contribution in [1.29, 1.82) is 0 Å². The SMILES string of the molecule is CCC(CO)(CO)COC(=O)C(SC(=S)c1ccccc1)c1ccccc1. The van der Waals surface area contributed by atoms with Crippen molar-refractivity contribution < 1.29 is 19.7 Å². The van der Waals surface area contributed by atoms with Crippen LogP contribution in [-0.4, -0.2) is 40.2 Å². The van der Waals surface area contributed by atoms with Crippen molar-refractivity contribution in [3.8, 4) is 0 Å². The van der Waals surface area contributed by atoms with Crippen LogP contribution in [0.1, 0.15) is 29.7 Å². The highest BCUT2D eigenvalue weighted by Gasteiger charge is 2.31. The normalized spacial score (nSPS) is 12.4. The van der Waals surface area contributed by atoms with Gasteiger partial charge in [-0.25, -0.2) is 0 Å². The molecular weight excluding hydrogens is 380 g/mol. The summed E-state index contributed by atoms with van der Waals surface area (Å²) < 4.78 is 6.10. The summed E-state index contributed by atoms with van der Waals surface area (Å²) in [6.07, 6.45) is 0.499. The number of aliphatic hydroxyl groups excluding tert-OH is 2. The highest BCUT2D eigenvalue weighted by Crippen LogP contribution is 2.34. The molecule has 0 fully saturated rings. The monoisotopic (exact) mass is 404 g/mol. The van der Waals surface area contributed by atoms with E-state index in [-0.39, 0.29) is 19.8 Å². The molecule has 0 aromatic heterocycles. The Kier molecular flexibility index (Phi) is 8.44. The fourth-order valence-electron chi connectivity index (χ4n) is 2.40. The minimum absolute atomic E-state index is 0.0443. The molecule has 2 aromatic rings. The Morgan fingerprint density at radius 1 is 1.07 bits per heavy atom. The maximum atomic E-state index is 12.8.